The normalized spacial score (nSPS) is 20.4. The smallest absolute Gasteiger partial charge is 0.222 e. The fourth-order valence-electron chi connectivity index (χ4n) is 2.55. The summed E-state index contributed by atoms with van der Waals surface area (Å²) in [5, 5.41) is 0. The Morgan fingerprint density at radius 2 is 1.88 bits per heavy atom. The Morgan fingerprint density at radius 3 is 2.31 bits per heavy atom. The first-order valence-electron chi connectivity index (χ1n) is 6.62. The van der Waals surface area contributed by atoms with Crippen molar-refractivity contribution in [2.24, 2.45) is 11.3 Å². The SMILES string of the molecule is CC(C)CC(N1CCCCC1=O)C(C)(C)C. The van der Waals surface area contributed by atoms with Crippen LogP contribution >= 0.6 is 0 Å². The van der Waals surface area contributed by atoms with Gasteiger partial charge in [-0.3, -0.25) is 4.79 Å². The summed E-state index contributed by atoms with van der Waals surface area (Å²) in [4.78, 5) is 14.1. The lowest BCUT2D eigenvalue weighted by atomic mass is 9.80. The molecule has 1 aliphatic heterocycles. The second kappa shape index (κ2) is 5.20. The van der Waals surface area contributed by atoms with E-state index in [1.165, 1.54) is 6.42 Å². The summed E-state index contributed by atoms with van der Waals surface area (Å²) in [5.41, 5.74) is 0.192. The highest BCUT2D eigenvalue weighted by molar-refractivity contribution is 5.77. The van der Waals surface area contributed by atoms with Gasteiger partial charge in [-0.15, -0.1) is 0 Å². The van der Waals surface area contributed by atoms with Crippen LogP contribution in [0.2, 0.25) is 0 Å². The lowest BCUT2D eigenvalue weighted by molar-refractivity contribution is -0.138. The summed E-state index contributed by atoms with van der Waals surface area (Å²) in [6.45, 7) is 12.2. The number of carbonyl (C=O) groups excluding carboxylic acids is 1. The first kappa shape index (κ1) is 13.5. The molecule has 16 heavy (non-hydrogen) atoms. The molecule has 1 unspecified atom stereocenters. The second-order valence-corrected chi connectivity index (χ2v) is 6.56. The molecule has 0 aromatic carbocycles. The number of amides is 1. The molecule has 1 atom stereocenters. The van der Waals surface area contributed by atoms with E-state index in [1.807, 2.05) is 0 Å². The number of rotatable bonds is 3. The van der Waals surface area contributed by atoms with Crippen molar-refractivity contribution < 1.29 is 4.79 Å². The molecule has 1 fully saturated rings. The molecule has 0 bridgehead atoms. The second-order valence-electron chi connectivity index (χ2n) is 6.56. The number of hydrogen-bond donors (Lipinski definition) is 0. The van der Waals surface area contributed by atoms with Crippen molar-refractivity contribution in [3.8, 4) is 0 Å². The lowest BCUT2D eigenvalue weighted by Gasteiger charge is -2.43. The Balaban J connectivity index is 2.78. The van der Waals surface area contributed by atoms with Crippen molar-refractivity contribution in [3.63, 3.8) is 0 Å². The van der Waals surface area contributed by atoms with Crippen molar-refractivity contribution in [3.05, 3.63) is 0 Å². The average Bonchev–Trinajstić information content (AvgIpc) is 2.13. The maximum absolute atomic E-state index is 12.0. The summed E-state index contributed by atoms with van der Waals surface area (Å²) < 4.78 is 0. The summed E-state index contributed by atoms with van der Waals surface area (Å²) >= 11 is 0. The standard InChI is InChI=1S/C14H27NO/c1-11(2)10-12(14(3,4)5)15-9-7-6-8-13(15)16/h11-12H,6-10H2,1-5H3. The summed E-state index contributed by atoms with van der Waals surface area (Å²) in [5.74, 6) is 1.02. The highest BCUT2D eigenvalue weighted by Crippen LogP contribution is 2.31. The van der Waals surface area contributed by atoms with E-state index in [1.54, 1.807) is 0 Å². The molecule has 2 heteroatoms. The third-order valence-electron chi connectivity index (χ3n) is 3.43. The van der Waals surface area contributed by atoms with Crippen molar-refractivity contribution in [1.82, 2.24) is 4.90 Å². The number of hydrogen-bond acceptors (Lipinski definition) is 1. The minimum atomic E-state index is 0.192. The molecule has 0 saturated carbocycles. The van der Waals surface area contributed by atoms with Crippen LogP contribution in [0.3, 0.4) is 0 Å². The Bertz CT molecular complexity index is 240. The van der Waals surface area contributed by atoms with Gasteiger partial charge in [0.1, 0.15) is 0 Å². The zero-order valence-electron chi connectivity index (χ0n) is 11.5. The monoisotopic (exact) mass is 225 g/mol. The maximum atomic E-state index is 12.0. The molecule has 0 aliphatic carbocycles. The number of nitrogens with zero attached hydrogens (tertiary/aromatic N) is 1. The molecular weight excluding hydrogens is 198 g/mol. The van der Waals surface area contributed by atoms with Crippen LogP contribution < -0.4 is 0 Å². The quantitative estimate of drug-likeness (QED) is 0.720. The molecule has 0 aromatic rings. The number of piperidine rings is 1. The van der Waals surface area contributed by atoms with E-state index in [0.717, 1.165) is 25.8 Å². The minimum Gasteiger partial charge on any atom is -0.339 e. The van der Waals surface area contributed by atoms with Gasteiger partial charge in [-0.2, -0.15) is 0 Å². The van der Waals surface area contributed by atoms with Crippen LogP contribution in [-0.2, 0) is 4.79 Å². The largest absolute Gasteiger partial charge is 0.339 e. The predicted octanol–water partition coefficient (Wildman–Crippen LogP) is 3.46. The van der Waals surface area contributed by atoms with Gasteiger partial charge in [-0.1, -0.05) is 34.6 Å². The predicted molar refractivity (Wildman–Crippen MR) is 68.3 cm³/mol. The van der Waals surface area contributed by atoms with Gasteiger partial charge < -0.3 is 4.90 Å². The number of carbonyl (C=O) groups is 1. The van der Waals surface area contributed by atoms with Crippen molar-refractivity contribution in [2.75, 3.05) is 6.54 Å². The molecule has 1 amide bonds. The first-order chi connectivity index (χ1) is 7.32. The molecule has 1 heterocycles. The summed E-state index contributed by atoms with van der Waals surface area (Å²) in [6, 6.07) is 0.403. The molecule has 0 N–H and O–H groups in total. The molecule has 0 spiro atoms. The van der Waals surface area contributed by atoms with Crippen LogP contribution in [0.4, 0.5) is 0 Å². The molecule has 1 rings (SSSR count). The third-order valence-corrected chi connectivity index (χ3v) is 3.43. The highest BCUT2D eigenvalue weighted by atomic mass is 16.2. The van der Waals surface area contributed by atoms with E-state index in [0.29, 0.717) is 17.9 Å². The van der Waals surface area contributed by atoms with Crippen LogP contribution in [-0.4, -0.2) is 23.4 Å². The maximum Gasteiger partial charge on any atom is 0.222 e. The van der Waals surface area contributed by atoms with Gasteiger partial charge in [0.2, 0.25) is 5.91 Å². The van der Waals surface area contributed by atoms with Gasteiger partial charge in [0.15, 0.2) is 0 Å². The fourth-order valence-corrected chi connectivity index (χ4v) is 2.55. The van der Waals surface area contributed by atoms with E-state index >= 15 is 0 Å². The topological polar surface area (TPSA) is 20.3 Å². The van der Waals surface area contributed by atoms with E-state index in [-0.39, 0.29) is 5.41 Å². The van der Waals surface area contributed by atoms with Gasteiger partial charge in [-0.25, -0.2) is 0 Å². The van der Waals surface area contributed by atoms with Crippen molar-refractivity contribution >= 4 is 5.91 Å². The Kier molecular flexibility index (Phi) is 4.40. The molecule has 1 aliphatic rings. The zero-order valence-corrected chi connectivity index (χ0v) is 11.5. The fraction of sp³-hybridized carbons (Fsp3) is 0.929. The Morgan fingerprint density at radius 1 is 1.25 bits per heavy atom. The van der Waals surface area contributed by atoms with E-state index < -0.39 is 0 Å². The van der Waals surface area contributed by atoms with Crippen LogP contribution in [0, 0.1) is 11.3 Å². The molecule has 2 nitrogen and oxygen atoms in total. The van der Waals surface area contributed by atoms with Gasteiger partial charge in [0.25, 0.3) is 0 Å². The average molecular weight is 225 g/mol. The van der Waals surface area contributed by atoms with Crippen molar-refractivity contribution in [1.29, 1.82) is 0 Å². The minimum absolute atomic E-state index is 0.192. The Hall–Kier alpha value is -0.530. The van der Waals surface area contributed by atoms with Crippen LogP contribution in [0.25, 0.3) is 0 Å². The van der Waals surface area contributed by atoms with Gasteiger partial charge >= 0.3 is 0 Å². The molecular formula is C14H27NO. The van der Waals surface area contributed by atoms with E-state index in [9.17, 15) is 4.79 Å². The van der Waals surface area contributed by atoms with Gasteiger partial charge in [0.05, 0.1) is 0 Å². The van der Waals surface area contributed by atoms with E-state index in [2.05, 4.69) is 39.5 Å². The first-order valence-corrected chi connectivity index (χ1v) is 6.62. The van der Waals surface area contributed by atoms with Crippen LogP contribution in [0.15, 0.2) is 0 Å². The summed E-state index contributed by atoms with van der Waals surface area (Å²) in [7, 11) is 0. The van der Waals surface area contributed by atoms with Crippen LogP contribution in [0.5, 0.6) is 0 Å². The highest BCUT2D eigenvalue weighted by Gasteiger charge is 2.34. The molecule has 1 saturated heterocycles. The molecule has 94 valence electrons. The molecule has 0 radical (unpaired) electrons. The Labute approximate surface area is 100 Å². The zero-order chi connectivity index (χ0) is 12.3. The molecule has 0 aromatic heterocycles. The van der Waals surface area contributed by atoms with E-state index in [4.69, 9.17) is 0 Å². The lowest BCUT2D eigenvalue weighted by Crippen LogP contribution is -2.50. The van der Waals surface area contributed by atoms with Crippen molar-refractivity contribution in [2.45, 2.75) is 66.3 Å². The number of likely N-dealkylation sites (tertiary alicyclic amines) is 1. The van der Waals surface area contributed by atoms with Gasteiger partial charge in [0, 0.05) is 19.0 Å². The summed E-state index contributed by atoms with van der Waals surface area (Å²) in [6.07, 6.45) is 4.13. The van der Waals surface area contributed by atoms with Crippen LogP contribution in [0.1, 0.15) is 60.3 Å². The third kappa shape index (κ3) is 3.50. The van der Waals surface area contributed by atoms with Gasteiger partial charge in [-0.05, 0) is 30.6 Å².